The van der Waals surface area contributed by atoms with Gasteiger partial charge >= 0.3 is 6.18 Å². The molecule has 0 bridgehead atoms. The topological polar surface area (TPSA) is 99.2 Å². The molecule has 12 heteroatoms. The molecule has 4 rings (SSSR count). The zero-order chi connectivity index (χ0) is 25.0. The van der Waals surface area contributed by atoms with E-state index in [1.165, 1.54) is 18.3 Å². The molecular weight excluding hydrogens is 481 g/mol. The largest absolute Gasteiger partial charge is 0.416 e. The molecule has 1 atom stereocenters. The number of halogens is 3. The number of thioether (sulfide) groups is 1. The van der Waals surface area contributed by atoms with Crippen LogP contribution in [0.15, 0.2) is 47.9 Å². The Morgan fingerprint density at radius 3 is 2.71 bits per heavy atom. The fourth-order valence-corrected chi connectivity index (χ4v) is 4.67. The summed E-state index contributed by atoms with van der Waals surface area (Å²) in [6.07, 6.45) is -0.679. The maximum absolute atomic E-state index is 12.8. The molecule has 1 saturated heterocycles. The van der Waals surface area contributed by atoms with Crippen molar-refractivity contribution in [1.82, 2.24) is 24.6 Å². The second-order valence-electron chi connectivity index (χ2n) is 8.17. The van der Waals surface area contributed by atoms with Gasteiger partial charge in [0.15, 0.2) is 11.0 Å². The number of hydrogen-bond acceptors (Lipinski definition) is 7. The van der Waals surface area contributed by atoms with Crippen LogP contribution in [0, 0.1) is 0 Å². The Morgan fingerprint density at radius 1 is 1.23 bits per heavy atom. The highest BCUT2D eigenvalue weighted by atomic mass is 32.2. The van der Waals surface area contributed by atoms with Gasteiger partial charge in [-0.15, -0.1) is 10.2 Å². The number of amides is 1. The minimum Gasteiger partial charge on any atom is -0.371 e. The van der Waals surface area contributed by atoms with E-state index in [9.17, 15) is 18.0 Å². The maximum Gasteiger partial charge on any atom is 0.416 e. The lowest BCUT2D eigenvalue weighted by atomic mass is 10.1. The third kappa shape index (κ3) is 6.19. The lowest BCUT2D eigenvalue weighted by Gasteiger charge is -2.33. The number of rotatable bonds is 8. The highest BCUT2D eigenvalue weighted by molar-refractivity contribution is 7.99. The summed E-state index contributed by atoms with van der Waals surface area (Å²) in [7, 11) is 1.85. The van der Waals surface area contributed by atoms with Crippen LogP contribution in [-0.2, 0) is 18.0 Å². The van der Waals surface area contributed by atoms with Crippen LogP contribution < -0.4 is 5.73 Å². The molecule has 0 saturated carbocycles. The smallest absolute Gasteiger partial charge is 0.371 e. The van der Waals surface area contributed by atoms with E-state index in [4.69, 9.17) is 10.5 Å². The quantitative estimate of drug-likeness (QED) is 0.369. The van der Waals surface area contributed by atoms with Crippen LogP contribution in [0.1, 0.15) is 34.0 Å². The first kappa shape index (κ1) is 25.1. The summed E-state index contributed by atoms with van der Waals surface area (Å²) >= 11 is 1.58. The van der Waals surface area contributed by atoms with Gasteiger partial charge in [0.1, 0.15) is 0 Å². The number of carbonyl (C=O) groups is 1. The van der Waals surface area contributed by atoms with E-state index in [1.807, 2.05) is 11.6 Å². The summed E-state index contributed by atoms with van der Waals surface area (Å²) < 4.78 is 46.1. The number of hydrogen-bond donors (Lipinski definition) is 1. The maximum atomic E-state index is 12.8. The Bertz CT molecular complexity index is 1170. The van der Waals surface area contributed by atoms with Crippen molar-refractivity contribution >= 4 is 17.7 Å². The number of benzene rings is 1. The van der Waals surface area contributed by atoms with E-state index in [2.05, 4.69) is 20.1 Å². The number of morpholine rings is 1. The first-order chi connectivity index (χ1) is 16.7. The average molecular weight is 507 g/mol. The zero-order valence-electron chi connectivity index (χ0n) is 19.0. The highest BCUT2D eigenvalue weighted by Gasteiger charge is 2.30. The molecule has 1 fully saturated rings. The van der Waals surface area contributed by atoms with Crippen molar-refractivity contribution in [2.45, 2.75) is 23.9 Å². The number of primary amides is 1. The fraction of sp³-hybridized carbons (Fsp3) is 0.391. The predicted molar refractivity (Wildman–Crippen MR) is 125 cm³/mol. The van der Waals surface area contributed by atoms with Gasteiger partial charge in [0.05, 0.1) is 23.8 Å². The highest BCUT2D eigenvalue weighted by Crippen LogP contribution is 2.31. The van der Waals surface area contributed by atoms with E-state index in [0.29, 0.717) is 30.1 Å². The van der Waals surface area contributed by atoms with Gasteiger partial charge in [-0.2, -0.15) is 13.2 Å². The molecule has 0 radical (unpaired) electrons. The molecular formula is C23H25F3N6O2S. The third-order valence-corrected chi connectivity index (χ3v) is 6.83. The molecule has 1 unspecified atom stereocenters. The number of alkyl halides is 3. The summed E-state index contributed by atoms with van der Waals surface area (Å²) in [6, 6.07) is 6.83. The van der Waals surface area contributed by atoms with E-state index >= 15 is 0 Å². The van der Waals surface area contributed by atoms with Crippen molar-refractivity contribution < 1.29 is 22.7 Å². The lowest BCUT2D eigenvalue weighted by molar-refractivity contribution is -0.137. The van der Waals surface area contributed by atoms with Crippen molar-refractivity contribution in [2.24, 2.45) is 12.8 Å². The van der Waals surface area contributed by atoms with Gasteiger partial charge in [-0.3, -0.25) is 14.7 Å². The first-order valence-corrected chi connectivity index (χ1v) is 12.0. The van der Waals surface area contributed by atoms with E-state index in [1.54, 1.807) is 24.0 Å². The number of nitrogens with zero attached hydrogens (tertiary/aromatic N) is 5. The third-order valence-electron chi connectivity index (χ3n) is 5.73. The van der Waals surface area contributed by atoms with Crippen molar-refractivity contribution in [2.75, 3.05) is 32.0 Å². The number of nitrogens with two attached hydrogens (primary N) is 1. The Hall–Kier alpha value is -2.96. The van der Waals surface area contributed by atoms with Gasteiger partial charge < -0.3 is 15.0 Å². The second kappa shape index (κ2) is 10.8. The molecule has 0 aliphatic carbocycles. The van der Waals surface area contributed by atoms with Gasteiger partial charge in [0.2, 0.25) is 5.91 Å². The van der Waals surface area contributed by atoms with Crippen LogP contribution in [0.2, 0.25) is 0 Å². The van der Waals surface area contributed by atoms with E-state index in [0.717, 1.165) is 48.1 Å². The monoisotopic (exact) mass is 506 g/mol. The minimum absolute atomic E-state index is 0.246. The van der Waals surface area contributed by atoms with Crippen LogP contribution in [0.3, 0.4) is 0 Å². The van der Waals surface area contributed by atoms with Crippen LogP contribution in [0.4, 0.5) is 13.2 Å². The number of pyridine rings is 1. The molecule has 1 aliphatic rings. The molecule has 2 aromatic heterocycles. The van der Waals surface area contributed by atoms with Crippen LogP contribution in [0.5, 0.6) is 0 Å². The Morgan fingerprint density at radius 2 is 2.00 bits per heavy atom. The molecule has 0 spiro atoms. The summed E-state index contributed by atoms with van der Waals surface area (Å²) in [5.74, 6) is 0.851. The van der Waals surface area contributed by atoms with Crippen molar-refractivity contribution in [1.29, 1.82) is 0 Å². The molecule has 8 nitrogen and oxygen atoms in total. The normalized spacial score (nSPS) is 17.0. The summed E-state index contributed by atoms with van der Waals surface area (Å²) in [5, 5.41) is 9.21. The summed E-state index contributed by atoms with van der Waals surface area (Å²) in [6.45, 7) is 2.78. The molecule has 3 heterocycles. The predicted octanol–water partition coefficient (Wildman–Crippen LogP) is 3.55. The molecule has 1 aliphatic heterocycles. The molecule has 3 aromatic rings. The average Bonchev–Trinajstić information content (AvgIpc) is 3.22. The molecule has 1 amide bonds. The fourth-order valence-electron chi connectivity index (χ4n) is 3.83. The molecule has 35 heavy (non-hydrogen) atoms. The molecule has 1 aromatic carbocycles. The van der Waals surface area contributed by atoms with Crippen LogP contribution in [-0.4, -0.2) is 62.5 Å². The lowest BCUT2D eigenvalue weighted by Crippen LogP contribution is -2.39. The minimum atomic E-state index is -4.34. The van der Waals surface area contributed by atoms with Crippen molar-refractivity contribution in [3.8, 4) is 11.4 Å². The number of ether oxygens (including phenoxy) is 1. The summed E-state index contributed by atoms with van der Waals surface area (Å²) in [4.78, 5) is 17.7. The Labute approximate surface area is 204 Å². The van der Waals surface area contributed by atoms with Crippen molar-refractivity contribution in [3.63, 3.8) is 0 Å². The Kier molecular flexibility index (Phi) is 7.72. The zero-order valence-corrected chi connectivity index (χ0v) is 19.8. The van der Waals surface area contributed by atoms with Gasteiger partial charge in [-0.25, -0.2) is 0 Å². The van der Waals surface area contributed by atoms with E-state index in [-0.39, 0.29) is 6.10 Å². The molecule has 186 valence electrons. The van der Waals surface area contributed by atoms with Crippen molar-refractivity contribution in [3.05, 3.63) is 59.4 Å². The molecule has 2 N–H and O–H groups in total. The SMILES string of the molecule is Cn1c(SCCCN2CCOC(c3ccc(C(F)(F)F)cc3)C2)nnc1-c1cncc(C(N)=O)c1. The van der Waals surface area contributed by atoms with Gasteiger partial charge in [0.25, 0.3) is 0 Å². The van der Waals surface area contributed by atoms with E-state index < -0.39 is 17.6 Å². The van der Waals surface area contributed by atoms with Crippen LogP contribution in [0.25, 0.3) is 11.4 Å². The standard InChI is InChI=1S/C23H25F3N6O2S/c1-31-21(17-11-16(20(27)33)12-28-13-17)29-30-22(31)35-10-2-7-32-8-9-34-19(14-32)15-3-5-18(6-4-15)23(24,25)26/h3-6,11-13,19H,2,7-10,14H2,1H3,(H2,27,33). The number of carbonyl (C=O) groups excluding carboxylic acids is 1. The first-order valence-electron chi connectivity index (χ1n) is 11.0. The van der Waals surface area contributed by atoms with Gasteiger partial charge in [-0.1, -0.05) is 23.9 Å². The summed E-state index contributed by atoms with van der Waals surface area (Å²) in [5.41, 5.74) is 6.39. The Balaban J connectivity index is 1.28. The van der Waals surface area contributed by atoms with Gasteiger partial charge in [0, 0.05) is 43.8 Å². The van der Waals surface area contributed by atoms with Gasteiger partial charge in [-0.05, 0) is 36.7 Å². The van der Waals surface area contributed by atoms with Crippen LogP contribution >= 0.6 is 11.8 Å². The number of aromatic nitrogens is 4. The second-order valence-corrected chi connectivity index (χ2v) is 9.24.